The number of carbonyl (C=O) groups is 1. The third-order valence-corrected chi connectivity index (χ3v) is 5.79. The van der Waals surface area contributed by atoms with Crippen molar-refractivity contribution in [3.63, 3.8) is 0 Å². The van der Waals surface area contributed by atoms with Crippen LogP contribution < -0.4 is 4.90 Å². The highest BCUT2D eigenvalue weighted by molar-refractivity contribution is 5.89. The highest BCUT2D eigenvalue weighted by atomic mass is 19.4. The first-order valence-corrected chi connectivity index (χ1v) is 10.1. The second kappa shape index (κ2) is 7.94. The molecule has 2 atom stereocenters. The fraction of sp³-hybridized carbons (Fsp3) is 0.524. The summed E-state index contributed by atoms with van der Waals surface area (Å²) in [4.78, 5) is 19.1. The molecule has 2 aliphatic heterocycles. The third-order valence-electron chi connectivity index (χ3n) is 5.79. The number of morpholine rings is 1. The van der Waals surface area contributed by atoms with Crippen LogP contribution in [0.25, 0.3) is 0 Å². The molecular weight excluding hydrogens is 399 g/mol. The quantitative estimate of drug-likeness (QED) is 0.685. The Hall–Kier alpha value is -2.55. The van der Waals surface area contributed by atoms with Gasteiger partial charge in [-0.05, 0) is 38.3 Å². The van der Waals surface area contributed by atoms with Crippen molar-refractivity contribution in [1.82, 2.24) is 9.55 Å². The van der Waals surface area contributed by atoms with Gasteiger partial charge in [0.25, 0.3) is 0 Å². The zero-order chi connectivity index (χ0) is 21.5. The maximum Gasteiger partial charge on any atom is 0.416 e. The Balaban J connectivity index is 1.80. The second-order valence-electron chi connectivity index (χ2n) is 7.64. The summed E-state index contributed by atoms with van der Waals surface area (Å²) < 4.78 is 53.1. The fourth-order valence-corrected chi connectivity index (χ4v) is 4.36. The van der Waals surface area contributed by atoms with E-state index in [9.17, 15) is 18.0 Å². The molecule has 6 nitrogen and oxygen atoms in total. The highest BCUT2D eigenvalue weighted by Gasteiger charge is 2.41. The van der Waals surface area contributed by atoms with Gasteiger partial charge in [-0.1, -0.05) is 18.2 Å². The number of aromatic nitrogens is 2. The number of fused-ring (bicyclic) bond motifs is 2. The van der Waals surface area contributed by atoms with E-state index in [0.717, 1.165) is 18.9 Å². The van der Waals surface area contributed by atoms with E-state index in [1.165, 1.54) is 12.1 Å². The van der Waals surface area contributed by atoms with Crippen molar-refractivity contribution in [3.8, 4) is 0 Å². The predicted molar refractivity (Wildman–Crippen MR) is 104 cm³/mol. The number of carbonyl (C=O) groups excluding carboxylic acids is 1. The van der Waals surface area contributed by atoms with E-state index in [4.69, 9.17) is 9.47 Å². The molecule has 2 aromatic rings. The highest BCUT2D eigenvalue weighted by Crippen LogP contribution is 2.37. The predicted octanol–water partition coefficient (Wildman–Crippen LogP) is 3.80. The Bertz CT molecular complexity index is 925. The van der Waals surface area contributed by atoms with Gasteiger partial charge in [-0.25, -0.2) is 9.78 Å². The summed E-state index contributed by atoms with van der Waals surface area (Å²) in [5.74, 6) is -0.0666. The van der Waals surface area contributed by atoms with Crippen LogP contribution in [-0.4, -0.2) is 47.4 Å². The van der Waals surface area contributed by atoms with Gasteiger partial charge in [-0.15, -0.1) is 0 Å². The van der Waals surface area contributed by atoms with Crippen molar-refractivity contribution >= 4 is 11.9 Å². The van der Waals surface area contributed by atoms with E-state index >= 15 is 0 Å². The lowest BCUT2D eigenvalue weighted by molar-refractivity contribution is -0.138. The van der Waals surface area contributed by atoms with Crippen LogP contribution in [0.5, 0.6) is 0 Å². The number of benzene rings is 1. The van der Waals surface area contributed by atoms with Crippen molar-refractivity contribution in [3.05, 3.63) is 46.8 Å². The first-order chi connectivity index (χ1) is 14.3. The molecule has 4 rings (SSSR count). The SMILES string of the molecule is CCOC(=O)c1nc(N2C3CCC2COC3)n(Cc2ccccc2C(F)(F)F)c1C. The molecule has 3 heterocycles. The van der Waals surface area contributed by atoms with Gasteiger partial charge in [-0.3, -0.25) is 0 Å². The Kier molecular flexibility index (Phi) is 5.48. The maximum atomic E-state index is 13.5. The lowest BCUT2D eigenvalue weighted by Gasteiger charge is -2.36. The van der Waals surface area contributed by atoms with Crippen LogP contribution in [0.1, 0.15) is 47.1 Å². The van der Waals surface area contributed by atoms with E-state index in [1.807, 2.05) is 0 Å². The number of hydrogen-bond acceptors (Lipinski definition) is 5. The summed E-state index contributed by atoms with van der Waals surface area (Å²) in [5.41, 5.74) is 0.0722. The number of esters is 1. The molecule has 0 spiro atoms. The molecular formula is C21H24F3N3O3. The molecule has 0 saturated carbocycles. The van der Waals surface area contributed by atoms with E-state index in [1.54, 1.807) is 24.5 Å². The minimum atomic E-state index is -4.47. The van der Waals surface area contributed by atoms with Crippen LogP contribution in [0, 0.1) is 6.92 Å². The summed E-state index contributed by atoms with van der Waals surface area (Å²) in [6.45, 7) is 4.63. The van der Waals surface area contributed by atoms with Gasteiger partial charge in [-0.2, -0.15) is 13.2 Å². The normalized spacial score (nSPS) is 21.2. The van der Waals surface area contributed by atoms with Crippen LogP contribution >= 0.6 is 0 Å². The van der Waals surface area contributed by atoms with Gasteiger partial charge in [0.1, 0.15) is 0 Å². The van der Waals surface area contributed by atoms with Gasteiger partial charge < -0.3 is 18.9 Å². The van der Waals surface area contributed by atoms with Crippen LogP contribution in [0.2, 0.25) is 0 Å². The largest absolute Gasteiger partial charge is 0.461 e. The fourth-order valence-electron chi connectivity index (χ4n) is 4.36. The molecule has 0 amide bonds. The molecule has 162 valence electrons. The molecule has 0 N–H and O–H groups in total. The molecule has 2 bridgehead atoms. The molecule has 30 heavy (non-hydrogen) atoms. The topological polar surface area (TPSA) is 56.6 Å². The number of alkyl halides is 3. The Morgan fingerprint density at radius 2 is 1.90 bits per heavy atom. The van der Waals surface area contributed by atoms with Crippen LogP contribution in [0.3, 0.4) is 0 Å². The molecule has 2 unspecified atom stereocenters. The zero-order valence-electron chi connectivity index (χ0n) is 16.9. The van der Waals surface area contributed by atoms with Crippen molar-refractivity contribution in [2.24, 2.45) is 0 Å². The van der Waals surface area contributed by atoms with Crippen molar-refractivity contribution < 1.29 is 27.4 Å². The second-order valence-corrected chi connectivity index (χ2v) is 7.64. The summed E-state index contributed by atoms with van der Waals surface area (Å²) in [7, 11) is 0. The van der Waals surface area contributed by atoms with E-state index in [2.05, 4.69) is 9.88 Å². The number of hydrogen-bond donors (Lipinski definition) is 0. The number of imidazole rings is 1. The molecule has 2 saturated heterocycles. The summed E-state index contributed by atoms with van der Waals surface area (Å²) >= 11 is 0. The van der Waals surface area contributed by atoms with E-state index < -0.39 is 17.7 Å². The summed E-state index contributed by atoms with van der Waals surface area (Å²) in [6, 6.07) is 5.69. The van der Waals surface area contributed by atoms with Gasteiger partial charge in [0.2, 0.25) is 5.95 Å². The summed E-state index contributed by atoms with van der Waals surface area (Å²) in [6.07, 6.45) is -2.62. The van der Waals surface area contributed by atoms with E-state index in [0.29, 0.717) is 24.9 Å². The minimum absolute atomic E-state index is 0.0416. The Morgan fingerprint density at radius 3 is 2.53 bits per heavy atom. The molecule has 0 radical (unpaired) electrons. The van der Waals surface area contributed by atoms with Crippen LogP contribution in [-0.2, 0) is 22.2 Å². The first-order valence-electron chi connectivity index (χ1n) is 10.1. The van der Waals surface area contributed by atoms with Gasteiger partial charge >= 0.3 is 12.1 Å². The molecule has 2 aliphatic rings. The molecule has 1 aromatic carbocycles. The molecule has 9 heteroatoms. The Labute approximate surface area is 172 Å². The van der Waals surface area contributed by atoms with Gasteiger partial charge in [0, 0.05) is 0 Å². The number of rotatable bonds is 5. The maximum absolute atomic E-state index is 13.5. The third kappa shape index (κ3) is 3.66. The van der Waals surface area contributed by atoms with Crippen LogP contribution in [0.4, 0.5) is 19.1 Å². The molecule has 0 aliphatic carbocycles. The number of ether oxygens (including phenoxy) is 2. The van der Waals surface area contributed by atoms with Crippen molar-refractivity contribution in [2.45, 2.75) is 51.5 Å². The average Bonchev–Trinajstić information content (AvgIpc) is 3.13. The molecule has 2 fully saturated rings. The zero-order valence-corrected chi connectivity index (χ0v) is 16.9. The Morgan fingerprint density at radius 1 is 1.23 bits per heavy atom. The van der Waals surface area contributed by atoms with Crippen molar-refractivity contribution in [2.75, 3.05) is 24.7 Å². The average molecular weight is 423 g/mol. The van der Waals surface area contributed by atoms with Crippen LogP contribution in [0.15, 0.2) is 24.3 Å². The number of anilines is 1. The minimum Gasteiger partial charge on any atom is -0.461 e. The summed E-state index contributed by atoms with van der Waals surface area (Å²) in [5, 5.41) is 0. The van der Waals surface area contributed by atoms with E-state index in [-0.39, 0.29) is 36.5 Å². The standard InChI is InChI=1S/C21H24F3N3O3/c1-3-30-19(28)18-13(2)26(10-14-6-4-5-7-17(14)21(22,23)24)20(25-18)27-15-8-9-16(27)12-29-11-15/h4-7,15-16H,3,8-12H2,1-2H3. The number of halogens is 3. The first kappa shape index (κ1) is 20.7. The molecule has 1 aromatic heterocycles. The van der Waals surface area contributed by atoms with Crippen molar-refractivity contribution in [1.29, 1.82) is 0 Å². The lowest BCUT2D eigenvalue weighted by atomic mass is 10.1. The lowest BCUT2D eigenvalue weighted by Crippen LogP contribution is -2.47. The smallest absolute Gasteiger partial charge is 0.416 e. The number of nitrogens with zero attached hydrogens (tertiary/aromatic N) is 3. The van der Waals surface area contributed by atoms with Gasteiger partial charge in [0.15, 0.2) is 5.69 Å². The van der Waals surface area contributed by atoms with Gasteiger partial charge in [0.05, 0.1) is 49.7 Å². The monoisotopic (exact) mass is 423 g/mol.